The van der Waals surface area contributed by atoms with E-state index in [2.05, 4.69) is 20.2 Å². The number of anilines is 2. The molecule has 32 heavy (non-hydrogen) atoms. The van der Waals surface area contributed by atoms with Crippen LogP contribution in [0.4, 0.5) is 29.5 Å². The van der Waals surface area contributed by atoms with Crippen LogP contribution < -0.4 is 15.4 Å². The van der Waals surface area contributed by atoms with Crippen molar-refractivity contribution in [1.29, 1.82) is 0 Å². The number of alkyl halides is 3. The van der Waals surface area contributed by atoms with Crippen LogP contribution in [0.1, 0.15) is 18.4 Å². The second kappa shape index (κ2) is 7.07. The minimum absolute atomic E-state index is 0.0788. The normalized spacial score (nSPS) is 21.3. The van der Waals surface area contributed by atoms with E-state index in [9.17, 15) is 22.8 Å². The van der Waals surface area contributed by atoms with Gasteiger partial charge in [0, 0.05) is 25.1 Å². The standard InChI is InChI=1S/C19H16F3N7O3/c20-19(21,22)9-1-11(6-24-5-9)28-8-15(30)29(18(28)31)10-2-12(3-10)32-13-4-14-16(23)26-27-17(14)25-7-13/h1,4-7,10,12H,2-3,8H2,(H3,23,25,26,27). The molecule has 0 spiro atoms. The molecule has 0 radical (unpaired) electrons. The summed E-state index contributed by atoms with van der Waals surface area (Å²) in [4.78, 5) is 35.0. The number of hydrogen-bond donors (Lipinski definition) is 2. The van der Waals surface area contributed by atoms with Crippen LogP contribution in [0.25, 0.3) is 11.0 Å². The maximum atomic E-state index is 13.0. The van der Waals surface area contributed by atoms with Crippen LogP contribution in [-0.4, -0.2) is 55.7 Å². The van der Waals surface area contributed by atoms with Gasteiger partial charge in [-0.2, -0.15) is 18.3 Å². The van der Waals surface area contributed by atoms with Crippen LogP contribution in [-0.2, 0) is 11.0 Å². The molecule has 1 saturated carbocycles. The van der Waals surface area contributed by atoms with Crippen molar-refractivity contribution in [3.63, 3.8) is 0 Å². The summed E-state index contributed by atoms with van der Waals surface area (Å²) in [5.41, 5.74) is 5.17. The maximum absolute atomic E-state index is 13.0. The molecule has 1 aliphatic heterocycles. The Bertz CT molecular complexity index is 1220. The van der Waals surface area contributed by atoms with Crippen molar-refractivity contribution in [3.05, 3.63) is 36.3 Å². The highest BCUT2D eigenvalue weighted by atomic mass is 19.4. The average molecular weight is 447 g/mol. The maximum Gasteiger partial charge on any atom is 0.417 e. The molecular formula is C19H16F3N7O3. The monoisotopic (exact) mass is 447 g/mol. The molecule has 0 aromatic carbocycles. The van der Waals surface area contributed by atoms with Gasteiger partial charge < -0.3 is 10.5 Å². The zero-order valence-corrected chi connectivity index (χ0v) is 16.3. The van der Waals surface area contributed by atoms with Crippen molar-refractivity contribution in [2.24, 2.45) is 0 Å². The van der Waals surface area contributed by atoms with Crippen molar-refractivity contribution in [1.82, 2.24) is 25.1 Å². The predicted octanol–water partition coefficient (Wildman–Crippen LogP) is 2.33. The molecule has 10 nitrogen and oxygen atoms in total. The number of ether oxygens (including phenoxy) is 1. The summed E-state index contributed by atoms with van der Waals surface area (Å²) in [5, 5.41) is 7.18. The van der Waals surface area contributed by atoms with Gasteiger partial charge in [-0.3, -0.25) is 24.7 Å². The number of pyridine rings is 2. The largest absolute Gasteiger partial charge is 0.489 e. The van der Waals surface area contributed by atoms with Crippen molar-refractivity contribution < 1.29 is 27.5 Å². The second-order valence-electron chi connectivity index (χ2n) is 7.61. The third-order valence-electron chi connectivity index (χ3n) is 5.51. The highest BCUT2D eigenvalue weighted by Crippen LogP contribution is 2.36. The summed E-state index contributed by atoms with van der Waals surface area (Å²) in [6, 6.07) is 1.43. The SMILES string of the molecule is Nc1[nH]nc2ncc(OC3CC(N4C(=O)CN(c5cncc(C(F)(F)F)c5)C4=O)C3)cc12. The van der Waals surface area contributed by atoms with Gasteiger partial charge in [0.25, 0.3) is 5.91 Å². The number of carbonyl (C=O) groups is 2. The van der Waals surface area contributed by atoms with Gasteiger partial charge in [0.15, 0.2) is 5.65 Å². The summed E-state index contributed by atoms with van der Waals surface area (Å²) >= 11 is 0. The van der Waals surface area contributed by atoms with E-state index < -0.39 is 29.7 Å². The Kier molecular flexibility index (Phi) is 4.42. The Morgan fingerprint density at radius 2 is 1.94 bits per heavy atom. The van der Waals surface area contributed by atoms with Gasteiger partial charge in [-0.15, -0.1) is 0 Å². The van der Waals surface area contributed by atoms with E-state index in [1.807, 2.05) is 0 Å². The summed E-state index contributed by atoms with van der Waals surface area (Å²) in [7, 11) is 0. The number of aromatic nitrogens is 4. The summed E-state index contributed by atoms with van der Waals surface area (Å²) in [5.74, 6) is 0.358. The lowest BCUT2D eigenvalue weighted by Gasteiger charge is -2.39. The molecule has 3 N–H and O–H groups in total. The van der Waals surface area contributed by atoms with Crippen LogP contribution in [0, 0.1) is 0 Å². The van der Waals surface area contributed by atoms with E-state index in [-0.39, 0.29) is 18.3 Å². The number of nitrogens with one attached hydrogen (secondary N) is 1. The Morgan fingerprint density at radius 3 is 2.69 bits per heavy atom. The van der Waals surface area contributed by atoms with Gasteiger partial charge in [0.2, 0.25) is 0 Å². The number of hydrogen-bond acceptors (Lipinski definition) is 7. The first kappa shape index (κ1) is 20.0. The fourth-order valence-corrected chi connectivity index (χ4v) is 3.81. The number of nitrogens with two attached hydrogens (primary N) is 1. The van der Waals surface area contributed by atoms with Gasteiger partial charge in [-0.05, 0) is 12.1 Å². The van der Waals surface area contributed by atoms with Crippen molar-refractivity contribution in [2.45, 2.75) is 31.2 Å². The summed E-state index contributed by atoms with van der Waals surface area (Å²) in [6.07, 6.45) is -0.771. The minimum atomic E-state index is -4.60. The van der Waals surface area contributed by atoms with Crippen molar-refractivity contribution in [2.75, 3.05) is 17.2 Å². The molecule has 13 heteroatoms. The molecule has 3 aromatic heterocycles. The second-order valence-corrected chi connectivity index (χ2v) is 7.61. The number of carbonyl (C=O) groups excluding carboxylic acids is 2. The highest BCUT2D eigenvalue weighted by Gasteiger charge is 2.47. The van der Waals surface area contributed by atoms with E-state index in [1.165, 1.54) is 6.20 Å². The first-order valence-corrected chi connectivity index (χ1v) is 9.63. The lowest BCUT2D eigenvalue weighted by molar-refractivity contribution is -0.137. The predicted molar refractivity (Wildman–Crippen MR) is 105 cm³/mol. The first-order valence-electron chi connectivity index (χ1n) is 9.63. The Labute approximate surface area is 178 Å². The molecule has 3 aromatic rings. The third kappa shape index (κ3) is 3.35. The number of nitrogen functional groups attached to an aromatic ring is 1. The fraction of sp³-hybridized carbons (Fsp3) is 0.316. The Balaban J connectivity index is 1.25. The third-order valence-corrected chi connectivity index (χ3v) is 5.51. The molecule has 0 unspecified atom stereocenters. The van der Waals surface area contributed by atoms with Crippen LogP contribution in [0.3, 0.4) is 0 Å². The molecule has 0 bridgehead atoms. The molecule has 166 valence electrons. The van der Waals surface area contributed by atoms with Crippen LogP contribution in [0.2, 0.25) is 0 Å². The number of imide groups is 1. The number of amides is 3. The number of halogens is 3. The quantitative estimate of drug-likeness (QED) is 0.587. The Morgan fingerprint density at radius 1 is 1.16 bits per heavy atom. The lowest BCUT2D eigenvalue weighted by Crippen LogP contribution is -2.52. The van der Waals surface area contributed by atoms with E-state index >= 15 is 0 Å². The van der Waals surface area contributed by atoms with Gasteiger partial charge >= 0.3 is 12.2 Å². The molecule has 4 heterocycles. The van der Waals surface area contributed by atoms with E-state index in [0.717, 1.165) is 22.1 Å². The zero-order chi connectivity index (χ0) is 22.6. The molecule has 2 aliphatic rings. The molecule has 2 fully saturated rings. The number of nitrogens with zero attached hydrogens (tertiary/aromatic N) is 5. The lowest BCUT2D eigenvalue weighted by atomic mass is 9.88. The van der Waals surface area contributed by atoms with E-state index in [0.29, 0.717) is 41.6 Å². The van der Waals surface area contributed by atoms with Gasteiger partial charge in [-0.25, -0.2) is 9.78 Å². The van der Waals surface area contributed by atoms with E-state index in [1.54, 1.807) is 6.07 Å². The number of H-pyrrole nitrogens is 1. The molecule has 1 aliphatic carbocycles. The highest BCUT2D eigenvalue weighted by molar-refractivity contribution is 6.12. The minimum Gasteiger partial charge on any atom is -0.489 e. The Hall–Kier alpha value is -3.90. The fourth-order valence-electron chi connectivity index (χ4n) is 3.81. The molecule has 0 atom stereocenters. The van der Waals surface area contributed by atoms with Crippen molar-refractivity contribution in [3.8, 4) is 5.75 Å². The van der Waals surface area contributed by atoms with Gasteiger partial charge in [-0.1, -0.05) is 0 Å². The van der Waals surface area contributed by atoms with Gasteiger partial charge in [0.05, 0.1) is 29.0 Å². The average Bonchev–Trinajstić information content (AvgIpc) is 3.23. The smallest absolute Gasteiger partial charge is 0.417 e. The number of aromatic amines is 1. The molecule has 1 saturated heterocycles. The van der Waals surface area contributed by atoms with E-state index in [4.69, 9.17) is 10.5 Å². The topological polar surface area (TPSA) is 130 Å². The van der Waals surface area contributed by atoms with Gasteiger partial charge in [0.1, 0.15) is 24.2 Å². The molecule has 5 rings (SSSR count). The zero-order valence-electron chi connectivity index (χ0n) is 16.3. The van der Waals surface area contributed by atoms with Crippen LogP contribution in [0.5, 0.6) is 5.75 Å². The first-order chi connectivity index (χ1) is 15.2. The molecular weight excluding hydrogens is 431 g/mol. The number of fused-ring (bicyclic) bond motifs is 1. The van der Waals surface area contributed by atoms with Crippen LogP contribution in [0.15, 0.2) is 30.7 Å². The number of rotatable bonds is 4. The summed E-state index contributed by atoms with van der Waals surface area (Å²) in [6.45, 7) is -0.343. The van der Waals surface area contributed by atoms with Crippen LogP contribution >= 0.6 is 0 Å². The summed E-state index contributed by atoms with van der Waals surface area (Å²) < 4.78 is 44.7. The van der Waals surface area contributed by atoms with Crippen molar-refractivity contribution >= 4 is 34.5 Å². The molecule has 3 amide bonds. The number of urea groups is 1.